The fourth-order valence-corrected chi connectivity index (χ4v) is 1.61. The summed E-state index contributed by atoms with van der Waals surface area (Å²) in [5.74, 6) is 0. The summed E-state index contributed by atoms with van der Waals surface area (Å²) >= 11 is 2.85. The molecular formula is C8H10BrF3N2. The van der Waals surface area contributed by atoms with E-state index in [0.29, 0.717) is 6.42 Å². The van der Waals surface area contributed by atoms with Gasteiger partial charge >= 0.3 is 6.18 Å². The van der Waals surface area contributed by atoms with Gasteiger partial charge in [-0.15, -0.1) is 0 Å². The normalized spacial score (nSPS) is 14.4. The molecule has 0 spiro atoms. The zero-order valence-corrected chi connectivity index (χ0v) is 9.35. The van der Waals surface area contributed by atoms with E-state index in [1.54, 1.807) is 6.92 Å². The van der Waals surface area contributed by atoms with Gasteiger partial charge in [-0.25, -0.2) is 0 Å². The standard InChI is InChI=1S/C8H10BrF3N2/c1-3-5(2)14-7(8(10,11)12)6(9)4-13-14/h4-5H,3H2,1-2H3. The van der Waals surface area contributed by atoms with E-state index in [1.807, 2.05) is 6.92 Å². The summed E-state index contributed by atoms with van der Waals surface area (Å²) in [5.41, 5.74) is -0.716. The van der Waals surface area contributed by atoms with Gasteiger partial charge in [0.05, 0.1) is 10.7 Å². The summed E-state index contributed by atoms with van der Waals surface area (Å²) in [6.45, 7) is 3.52. The van der Waals surface area contributed by atoms with Crippen LogP contribution in [0.2, 0.25) is 0 Å². The molecule has 1 aromatic rings. The number of hydrogen-bond acceptors (Lipinski definition) is 1. The van der Waals surface area contributed by atoms with Crippen molar-refractivity contribution in [2.45, 2.75) is 32.5 Å². The van der Waals surface area contributed by atoms with Crippen molar-refractivity contribution in [3.8, 4) is 0 Å². The highest BCUT2D eigenvalue weighted by atomic mass is 79.9. The van der Waals surface area contributed by atoms with Crippen molar-refractivity contribution in [1.82, 2.24) is 9.78 Å². The number of aromatic nitrogens is 2. The maximum Gasteiger partial charge on any atom is 0.434 e. The Labute approximate surface area is 88.2 Å². The maximum atomic E-state index is 12.5. The third kappa shape index (κ3) is 2.10. The monoisotopic (exact) mass is 270 g/mol. The van der Waals surface area contributed by atoms with Gasteiger partial charge in [0.2, 0.25) is 0 Å². The van der Waals surface area contributed by atoms with E-state index >= 15 is 0 Å². The molecule has 0 saturated carbocycles. The lowest BCUT2D eigenvalue weighted by molar-refractivity contribution is -0.145. The molecule has 14 heavy (non-hydrogen) atoms. The van der Waals surface area contributed by atoms with E-state index in [4.69, 9.17) is 0 Å². The fourth-order valence-electron chi connectivity index (χ4n) is 1.11. The second-order valence-electron chi connectivity index (χ2n) is 3.04. The SMILES string of the molecule is CCC(C)n1ncc(Br)c1C(F)(F)F. The molecule has 0 saturated heterocycles. The lowest BCUT2D eigenvalue weighted by atomic mass is 10.2. The molecule has 1 atom stereocenters. The molecule has 0 aliphatic rings. The first-order chi connectivity index (χ1) is 6.38. The molecule has 0 fully saturated rings. The van der Waals surface area contributed by atoms with Gasteiger partial charge in [-0.1, -0.05) is 6.92 Å². The first-order valence-electron chi connectivity index (χ1n) is 4.18. The lowest BCUT2D eigenvalue weighted by Crippen LogP contribution is -2.17. The molecule has 0 N–H and O–H groups in total. The lowest BCUT2D eigenvalue weighted by Gasteiger charge is -2.15. The highest BCUT2D eigenvalue weighted by Gasteiger charge is 2.38. The van der Waals surface area contributed by atoms with Gasteiger partial charge < -0.3 is 0 Å². The largest absolute Gasteiger partial charge is 0.434 e. The number of nitrogens with zero attached hydrogens (tertiary/aromatic N) is 2. The van der Waals surface area contributed by atoms with Crippen LogP contribution < -0.4 is 0 Å². The Balaban J connectivity index is 3.19. The number of alkyl halides is 3. The zero-order chi connectivity index (χ0) is 10.9. The highest BCUT2D eigenvalue weighted by molar-refractivity contribution is 9.10. The van der Waals surface area contributed by atoms with E-state index in [-0.39, 0.29) is 10.5 Å². The van der Waals surface area contributed by atoms with Gasteiger partial charge in [-0.3, -0.25) is 4.68 Å². The van der Waals surface area contributed by atoms with Crippen LogP contribution in [0.5, 0.6) is 0 Å². The van der Waals surface area contributed by atoms with Crippen LogP contribution in [0.4, 0.5) is 13.2 Å². The van der Waals surface area contributed by atoms with Gasteiger partial charge in [0.1, 0.15) is 0 Å². The smallest absolute Gasteiger partial charge is 0.257 e. The summed E-state index contributed by atoms with van der Waals surface area (Å²) in [5, 5.41) is 3.70. The number of hydrogen-bond donors (Lipinski definition) is 0. The van der Waals surface area contributed by atoms with Crippen molar-refractivity contribution in [3.05, 3.63) is 16.4 Å². The number of rotatable bonds is 2. The first kappa shape index (κ1) is 11.6. The number of halogens is 4. The van der Waals surface area contributed by atoms with Crippen LogP contribution in [0.1, 0.15) is 32.0 Å². The minimum atomic E-state index is -4.36. The van der Waals surface area contributed by atoms with E-state index < -0.39 is 11.9 Å². The Bertz CT molecular complexity index is 319. The Morgan fingerprint density at radius 1 is 1.57 bits per heavy atom. The Morgan fingerprint density at radius 3 is 2.57 bits per heavy atom. The first-order valence-corrected chi connectivity index (χ1v) is 4.97. The van der Waals surface area contributed by atoms with Crippen LogP contribution >= 0.6 is 15.9 Å². The van der Waals surface area contributed by atoms with Crippen LogP contribution in [0.15, 0.2) is 10.7 Å². The van der Waals surface area contributed by atoms with E-state index in [2.05, 4.69) is 21.0 Å². The minimum Gasteiger partial charge on any atom is -0.257 e. The molecule has 0 aromatic carbocycles. The fraction of sp³-hybridized carbons (Fsp3) is 0.625. The summed E-state index contributed by atoms with van der Waals surface area (Å²) in [6, 6.07) is -0.252. The second-order valence-corrected chi connectivity index (χ2v) is 3.90. The van der Waals surface area contributed by atoms with Crippen LogP contribution in [0.3, 0.4) is 0 Å². The van der Waals surface area contributed by atoms with Gasteiger partial charge in [0.25, 0.3) is 0 Å². The predicted molar refractivity (Wildman–Crippen MR) is 49.9 cm³/mol. The molecule has 1 unspecified atom stereocenters. The third-order valence-electron chi connectivity index (χ3n) is 2.03. The van der Waals surface area contributed by atoms with Gasteiger partial charge in [0.15, 0.2) is 5.69 Å². The van der Waals surface area contributed by atoms with E-state index in [1.165, 1.54) is 6.20 Å². The van der Waals surface area contributed by atoms with Crippen LogP contribution in [-0.4, -0.2) is 9.78 Å². The summed E-state index contributed by atoms with van der Waals surface area (Å²) in [4.78, 5) is 0. The van der Waals surface area contributed by atoms with Crippen LogP contribution in [-0.2, 0) is 6.18 Å². The quantitative estimate of drug-likeness (QED) is 0.803. The Morgan fingerprint density at radius 2 is 2.14 bits per heavy atom. The maximum absolute atomic E-state index is 12.5. The predicted octanol–water partition coefficient (Wildman–Crippen LogP) is 3.64. The van der Waals surface area contributed by atoms with Crippen molar-refractivity contribution >= 4 is 15.9 Å². The minimum absolute atomic E-state index is 0.00898. The summed E-state index contributed by atoms with van der Waals surface area (Å²) < 4.78 is 38.6. The van der Waals surface area contributed by atoms with E-state index in [0.717, 1.165) is 4.68 Å². The van der Waals surface area contributed by atoms with Gasteiger partial charge in [0, 0.05) is 6.04 Å². The molecule has 2 nitrogen and oxygen atoms in total. The average molecular weight is 271 g/mol. The average Bonchev–Trinajstić information content (AvgIpc) is 2.44. The van der Waals surface area contributed by atoms with Crippen LogP contribution in [0.25, 0.3) is 0 Å². The zero-order valence-electron chi connectivity index (χ0n) is 7.77. The third-order valence-corrected chi connectivity index (χ3v) is 2.61. The highest BCUT2D eigenvalue weighted by Crippen LogP contribution is 2.36. The molecule has 1 heterocycles. The topological polar surface area (TPSA) is 17.8 Å². The molecule has 0 radical (unpaired) electrons. The van der Waals surface area contributed by atoms with Crippen molar-refractivity contribution < 1.29 is 13.2 Å². The molecule has 1 rings (SSSR count). The van der Waals surface area contributed by atoms with Crippen molar-refractivity contribution in [3.63, 3.8) is 0 Å². The van der Waals surface area contributed by atoms with Crippen molar-refractivity contribution in [1.29, 1.82) is 0 Å². The van der Waals surface area contributed by atoms with E-state index in [9.17, 15) is 13.2 Å². The molecule has 80 valence electrons. The molecule has 0 aliphatic carbocycles. The van der Waals surface area contributed by atoms with Crippen molar-refractivity contribution in [2.24, 2.45) is 0 Å². The van der Waals surface area contributed by atoms with Gasteiger partial charge in [-0.2, -0.15) is 18.3 Å². The second kappa shape index (κ2) is 3.92. The van der Waals surface area contributed by atoms with Crippen molar-refractivity contribution in [2.75, 3.05) is 0 Å². The van der Waals surface area contributed by atoms with Crippen LogP contribution in [0, 0.1) is 0 Å². The Hall–Kier alpha value is -0.520. The molecule has 0 amide bonds. The summed E-state index contributed by atoms with van der Waals surface area (Å²) in [6.07, 6.45) is -2.58. The molecule has 0 bridgehead atoms. The molecular weight excluding hydrogens is 261 g/mol. The summed E-state index contributed by atoms with van der Waals surface area (Å²) in [7, 11) is 0. The van der Waals surface area contributed by atoms with Gasteiger partial charge in [-0.05, 0) is 29.3 Å². The molecule has 6 heteroatoms. The Kier molecular flexibility index (Phi) is 3.24. The molecule has 1 aromatic heterocycles. The molecule has 0 aliphatic heterocycles.